The third kappa shape index (κ3) is 1.71. The molecule has 0 aliphatic carbocycles. The Hall–Kier alpha value is -1.74. The van der Waals surface area contributed by atoms with Gasteiger partial charge in [-0.2, -0.15) is 10.4 Å². The molecule has 0 fully saturated rings. The minimum absolute atomic E-state index is 0.559. The first-order valence-corrected chi connectivity index (χ1v) is 4.40. The molecule has 0 aliphatic heterocycles. The molecule has 64 valence electrons. The highest BCUT2D eigenvalue weighted by Gasteiger charge is 2.00. The molecular formula is C7H5N5S. The van der Waals surface area contributed by atoms with Gasteiger partial charge in [0.25, 0.3) is 0 Å². The third-order valence-electron chi connectivity index (χ3n) is 1.49. The van der Waals surface area contributed by atoms with Crippen molar-refractivity contribution in [1.29, 1.82) is 5.26 Å². The Labute approximate surface area is 78.4 Å². The number of hydrogen-bond acceptors (Lipinski definition) is 5. The van der Waals surface area contributed by atoms with E-state index >= 15 is 0 Å². The Balaban J connectivity index is 2.15. The van der Waals surface area contributed by atoms with Crippen LogP contribution in [0, 0.1) is 11.3 Å². The van der Waals surface area contributed by atoms with Crippen molar-refractivity contribution < 1.29 is 0 Å². The van der Waals surface area contributed by atoms with Crippen molar-refractivity contribution in [1.82, 2.24) is 19.4 Å². The van der Waals surface area contributed by atoms with Crippen LogP contribution in [0.5, 0.6) is 0 Å². The molecule has 0 bridgehead atoms. The van der Waals surface area contributed by atoms with Crippen LogP contribution >= 0.6 is 11.5 Å². The average Bonchev–Trinajstić information content (AvgIpc) is 2.76. The van der Waals surface area contributed by atoms with Crippen LogP contribution < -0.4 is 0 Å². The lowest BCUT2D eigenvalue weighted by atomic mass is 10.4. The fraction of sp³-hybridized carbons (Fsp3) is 0.143. The molecule has 0 N–H and O–H groups in total. The Morgan fingerprint density at radius 3 is 3.15 bits per heavy atom. The van der Waals surface area contributed by atoms with Crippen LogP contribution in [0.3, 0.4) is 0 Å². The standard InChI is InChI=1S/C7H5N5S/c8-1-6-2-9-12(3-6)4-7-5-13-11-10-7/h2-3,5H,4H2. The summed E-state index contributed by atoms with van der Waals surface area (Å²) in [5.41, 5.74) is 1.42. The second-order valence-corrected chi connectivity index (χ2v) is 3.04. The smallest absolute Gasteiger partial charge is 0.102 e. The van der Waals surface area contributed by atoms with E-state index in [0.29, 0.717) is 12.1 Å². The van der Waals surface area contributed by atoms with Crippen LogP contribution in [0.2, 0.25) is 0 Å². The fourth-order valence-corrected chi connectivity index (χ4v) is 1.37. The molecule has 0 saturated carbocycles. The minimum atomic E-state index is 0.559. The van der Waals surface area contributed by atoms with Gasteiger partial charge in [-0.3, -0.25) is 4.68 Å². The van der Waals surface area contributed by atoms with Crippen molar-refractivity contribution in [3.05, 3.63) is 29.0 Å². The predicted molar refractivity (Wildman–Crippen MR) is 46.0 cm³/mol. The lowest BCUT2D eigenvalue weighted by Gasteiger charge is -1.93. The van der Waals surface area contributed by atoms with Gasteiger partial charge in [0.1, 0.15) is 6.07 Å². The molecule has 5 nitrogen and oxygen atoms in total. The molecule has 0 amide bonds. The maximum Gasteiger partial charge on any atom is 0.102 e. The van der Waals surface area contributed by atoms with E-state index in [1.165, 1.54) is 17.7 Å². The van der Waals surface area contributed by atoms with Gasteiger partial charge < -0.3 is 0 Å². The molecule has 0 aromatic carbocycles. The molecule has 2 aromatic heterocycles. The number of nitrogens with zero attached hydrogens (tertiary/aromatic N) is 5. The third-order valence-corrected chi connectivity index (χ3v) is 2.04. The van der Waals surface area contributed by atoms with Crippen molar-refractivity contribution >= 4 is 11.5 Å². The highest BCUT2D eigenvalue weighted by Crippen LogP contribution is 2.01. The maximum atomic E-state index is 8.55. The molecule has 6 heteroatoms. The molecule has 0 spiro atoms. The van der Waals surface area contributed by atoms with Gasteiger partial charge in [0.05, 0.1) is 24.0 Å². The molecule has 0 saturated heterocycles. The monoisotopic (exact) mass is 191 g/mol. The van der Waals surface area contributed by atoms with Crippen molar-refractivity contribution in [3.63, 3.8) is 0 Å². The molecule has 0 radical (unpaired) electrons. The molecule has 0 atom stereocenters. The summed E-state index contributed by atoms with van der Waals surface area (Å²) < 4.78 is 5.39. The van der Waals surface area contributed by atoms with Crippen molar-refractivity contribution in [2.75, 3.05) is 0 Å². The molecule has 0 aliphatic rings. The Kier molecular flexibility index (Phi) is 2.02. The number of nitriles is 1. The van der Waals surface area contributed by atoms with Gasteiger partial charge in [-0.1, -0.05) is 4.49 Å². The molecular weight excluding hydrogens is 186 g/mol. The zero-order chi connectivity index (χ0) is 9.10. The molecule has 0 unspecified atom stereocenters. The maximum absolute atomic E-state index is 8.55. The first-order chi connectivity index (χ1) is 6.38. The quantitative estimate of drug-likeness (QED) is 0.699. The summed E-state index contributed by atoms with van der Waals surface area (Å²) in [4.78, 5) is 0. The van der Waals surface area contributed by atoms with E-state index in [2.05, 4.69) is 14.7 Å². The topological polar surface area (TPSA) is 67.4 Å². The van der Waals surface area contributed by atoms with Crippen LogP contribution in [0.4, 0.5) is 0 Å². The van der Waals surface area contributed by atoms with Gasteiger partial charge in [0.15, 0.2) is 0 Å². The summed E-state index contributed by atoms with van der Waals surface area (Å²) in [6, 6.07) is 2.01. The number of rotatable bonds is 2. The van der Waals surface area contributed by atoms with E-state index in [1.54, 1.807) is 10.9 Å². The molecule has 2 heterocycles. The highest BCUT2D eigenvalue weighted by atomic mass is 32.1. The summed E-state index contributed by atoms with van der Waals surface area (Å²) in [7, 11) is 0. The van der Waals surface area contributed by atoms with Crippen molar-refractivity contribution in [2.24, 2.45) is 0 Å². The van der Waals surface area contributed by atoms with E-state index < -0.39 is 0 Å². The van der Waals surface area contributed by atoms with E-state index in [4.69, 9.17) is 5.26 Å². The van der Waals surface area contributed by atoms with Crippen molar-refractivity contribution in [3.8, 4) is 6.07 Å². The average molecular weight is 191 g/mol. The van der Waals surface area contributed by atoms with Gasteiger partial charge in [-0.05, 0) is 11.5 Å². The van der Waals surface area contributed by atoms with Gasteiger partial charge in [0.2, 0.25) is 0 Å². The zero-order valence-electron chi connectivity index (χ0n) is 6.58. The first kappa shape index (κ1) is 7.89. The van der Waals surface area contributed by atoms with Gasteiger partial charge in [-0.15, -0.1) is 5.10 Å². The first-order valence-electron chi connectivity index (χ1n) is 3.57. The lowest BCUT2D eigenvalue weighted by molar-refractivity contribution is 0.670. The molecule has 2 aromatic rings. The van der Waals surface area contributed by atoms with Gasteiger partial charge in [-0.25, -0.2) is 0 Å². The largest absolute Gasteiger partial charge is 0.265 e. The fourth-order valence-electron chi connectivity index (χ4n) is 0.927. The summed E-state index contributed by atoms with van der Waals surface area (Å²) in [6.45, 7) is 0.568. The van der Waals surface area contributed by atoms with Crippen LogP contribution in [-0.2, 0) is 6.54 Å². The molecule has 2 rings (SSSR count). The Morgan fingerprint density at radius 1 is 1.62 bits per heavy atom. The van der Waals surface area contributed by atoms with E-state index in [-0.39, 0.29) is 0 Å². The van der Waals surface area contributed by atoms with Gasteiger partial charge >= 0.3 is 0 Å². The number of aromatic nitrogens is 4. The zero-order valence-corrected chi connectivity index (χ0v) is 7.40. The van der Waals surface area contributed by atoms with Crippen LogP contribution in [0.25, 0.3) is 0 Å². The van der Waals surface area contributed by atoms with E-state index in [0.717, 1.165) is 5.69 Å². The Morgan fingerprint density at radius 2 is 2.54 bits per heavy atom. The lowest BCUT2D eigenvalue weighted by Crippen LogP contribution is -1.99. The summed E-state index contributed by atoms with van der Waals surface area (Å²) in [5, 5.41) is 18.3. The van der Waals surface area contributed by atoms with Crippen LogP contribution in [0.15, 0.2) is 17.8 Å². The number of hydrogen-bond donors (Lipinski definition) is 0. The van der Waals surface area contributed by atoms with Gasteiger partial charge in [0, 0.05) is 11.6 Å². The normalized spacial score (nSPS) is 9.77. The molecule has 13 heavy (non-hydrogen) atoms. The van der Waals surface area contributed by atoms with E-state index in [1.807, 2.05) is 11.4 Å². The second-order valence-electron chi connectivity index (χ2n) is 2.43. The summed E-state index contributed by atoms with van der Waals surface area (Å²) >= 11 is 1.30. The second kappa shape index (κ2) is 3.33. The summed E-state index contributed by atoms with van der Waals surface area (Å²) in [5.74, 6) is 0. The SMILES string of the molecule is N#Cc1cnn(Cc2csnn2)c1. The van der Waals surface area contributed by atoms with E-state index in [9.17, 15) is 0 Å². The minimum Gasteiger partial charge on any atom is -0.265 e. The highest BCUT2D eigenvalue weighted by molar-refractivity contribution is 7.03. The summed E-state index contributed by atoms with van der Waals surface area (Å²) in [6.07, 6.45) is 3.21. The predicted octanol–water partition coefficient (Wildman–Crippen LogP) is 0.655. The van der Waals surface area contributed by atoms with Crippen molar-refractivity contribution in [2.45, 2.75) is 6.54 Å². The Bertz CT molecular complexity index is 424. The van der Waals surface area contributed by atoms with Crippen LogP contribution in [0.1, 0.15) is 11.3 Å². The van der Waals surface area contributed by atoms with Crippen LogP contribution in [-0.4, -0.2) is 19.4 Å².